The monoisotopic (exact) mass is 443 g/mol. The number of aliphatic hydroxyl groups excluding tert-OH is 1. The number of aliphatic hydroxyl groups is 1. The number of amides is 1. The summed E-state index contributed by atoms with van der Waals surface area (Å²) in [6, 6.07) is 13.3. The lowest BCUT2D eigenvalue weighted by atomic mass is 9.98. The fraction of sp³-hybridized carbons (Fsp3) is 0.160. The number of hydrogen-bond donors (Lipinski definition) is 2. The maximum Gasteiger partial charge on any atom is 0.290 e. The fourth-order valence-electron chi connectivity index (χ4n) is 4.23. The molecule has 0 unspecified atom stereocenters. The van der Waals surface area contributed by atoms with E-state index >= 15 is 0 Å². The summed E-state index contributed by atoms with van der Waals surface area (Å²) in [7, 11) is 1.61. The molecule has 4 aromatic rings. The summed E-state index contributed by atoms with van der Waals surface area (Å²) in [5.74, 6) is -0.945. The normalized spacial score (nSPS) is 16.1. The lowest BCUT2D eigenvalue weighted by molar-refractivity contribution is -0.129. The fourth-order valence-corrected chi connectivity index (χ4v) is 4.23. The number of nitrogens with one attached hydrogen (secondary N) is 1. The van der Waals surface area contributed by atoms with E-state index in [1.54, 1.807) is 37.6 Å². The maximum absolute atomic E-state index is 13.1. The number of Topliss-reactive ketones (excluding diaryl/α,β-unsaturated/α-hetero) is 1. The summed E-state index contributed by atoms with van der Waals surface area (Å²) < 4.78 is 10.6. The van der Waals surface area contributed by atoms with Crippen LogP contribution in [0.3, 0.4) is 0 Å². The third-order valence-electron chi connectivity index (χ3n) is 5.86. The molecule has 166 valence electrons. The number of ether oxygens (including phenoxy) is 1. The van der Waals surface area contributed by atoms with E-state index < -0.39 is 23.5 Å². The van der Waals surface area contributed by atoms with E-state index in [1.165, 1.54) is 17.2 Å². The summed E-state index contributed by atoms with van der Waals surface area (Å²) in [5, 5.41) is 11.7. The first-order valence-electron chi connectivity index (χ1n) is 10.5. The molecule has 1 aromatic carbocycles. The van der Waals surface area contributed by atoms with Crippen molar-refractivity contribution in [2.45, 2.75) is 12.5 Å². The number of methoxy groups -OCH3 is 1. The molecule has 1 aliphatic heterocycles. The van der Waals surface area contributed by atoms with Crippen LogP contribution in [0.1, 0.15) is 27.9 Å². The lowest BCUT2D eigenvalue weighted by Gasteiger charge is -2.25. The highest BCUT2D eigenvalue weighted by Gasteiger charge is 2.44. The van der Waals surface area contributed by atoms with Gasteiger partial charge in [0.25, 0.3) is 5.91 Å². The molecule has 33 heavy (non-hydrogen) atoms. The first-order valence-corrected chi connectivity index (χ1v) is 10.5. The molecule has 0 fully saturated rings. The number of H-pyrrole nitrogens is 1. The van der Waals surface area contributed by atoms with Crippen LogP contribution in [0.25, 0.3) is 10.9 Å². The molecule has 8 nitrogen and oxygen atoms in total. The highest BCUT2D eigenvalue weighted by molar-refractivity contribution is 6.14. The quantitative estimate of drug-likeness (QED) is 0.418. The summed E-state index contributed by atoms with van der Waals surface area (Å²) >= 11 is 0. The number of pyridine rings is 1. The molecule has 1 amide bonds. The number of carbonyl (C=O) groups is 2. The first-order chi connectivity index (χ1) is 16.1. The minimum Gasteiger partial charge on any atom is -0.503 e. The minimum absolute atomic E-state index is 0.0331. The molecule has 8 heteroatoms. The van der Waals surface area contributed by atoms with Gasteiger partial charge in [-0.25, -0.2) is 0 Å². The van der Waals surface area contributed by atoms with Crippen molar-refractivity contribution in [1.29, 1.82) is 0 Å². The largest absolute Gasteiger partial charge is 0.503 e. The van der Waals surface area contributed by atoms with Gasteiger partial charge in [-0.15, -0.1) is 0 Å². The number of ketones is 1. The van der Waals surface area contributed by atoms with Gasteiger partial charge < -0.3 is 24.1 Å². The molecular weight excluding hydrogens is 422 g/mol. The topological polar surface area (TPSA) is 109 Å². The molecule has 2 N–H and O–H groups in total. The SMILES string of the molecule is COc1ccc2[nH]cc(CCN3C(=O)C(O)=C(C(=O)c4ccco4)[C@@H]3c3ccccn3)c2c1. The summed E-state index contributed by atoms with van der Waals surface area (Å²) in [6.07, 6.45) is 5.36. The number of furan rings is 1. The molecule has 1 atom stereocenters. The number of aromatic amines is 1. The van der Waals surface area contributed by atoms with E-state index in [0.29, 0.717) is 12.1 Å². The van der Waals surface area contributed by atoms with Gasteiger partial charge in [-0.1, -0.05) is 6.07 Å². The second kappa shape index (κ2) is 8.31. The molecule has 1 aliphatic rings. The average Bonchev–Trinajstić information content (AvgIpc) is 3.57. The van der Waals surface area contributed by atoms with Gasteiger partial charge >= 0.3 is 0 Å². The van der Waals surface area contributed by atoms with Gasteiger partial charge in [0, 0.05) is 29.8 Å². The highest BCUT2D eigenvalue weighted by Crippen LogP contribution is 2.38. The van der Waals surface area contributed by atoms with Crippen LogP contribution >= 0.6 is 0 Å². The Kier molecular flexibility index (Phi) is 5.18. The molecule has 0 saturated carbocycles. The summed E-state index contributed by atoms with van der Waals surface area (Å²) in [6.45, 7) is 0.267. The third-order valence-corrected chi connectivity index (χ3v) is 5.86. The Hall–Kier alpha value is -4.33. The van der Waals surface area contributed by atoms with E-state index in [4.69, 9.17) is 9.15 Å². The smallest absolute Gasteiger partial charge is 0.290 e. The van der Waals surface area contributed by atoms with Crippen molar-refractivity contribution in [2.24, 2.45) is 0 Å². The number of benzene rings is 1. The van der Waals surface area contributed by atoms with Gasteiger partial charge in [0.05, 0.1) is 24.6 Å². The number of aromatic nitrogens is 2. The van der Waals surface area contributed by atoms with Crippen LogP contribution in [0.2, 0.25) is 0 Å². The molecule has 4 heterocycles. The number of hydrogen-bond acceptors (Lipinski definition) is 6. The van der Waals surface area contributed by atoms with Crippen LogP contribution in [0.4, 0.5) is 0 Å². The van der Waals surface area contributed by atoms with Crippen LogP contribution in [0.15, 0.2) is 82.9 Å². The summed E-state index contributed by atoms with van der Waals surface area (Å²) in [4.78, 5) is 35.3. The predicted molar refractivity (Wildman–Crippen MR) is 120 cm³/mol. The Morgan fingerprint density at radius 1 is 1.24 bits per heavy atom. The van der Waals surface area contributed by atoms with Gasteiger partial charge in [-0.2, -0.15) is 0 Å². The summed E-state index contributed by atoms with van der Waals surface area (Å²) in [5.41, 5.74) is 2.40. The predicted octanol–water partition coefficient (Wildman–Crippen LogP) is 3.99. The Morgan fingerprint density at radius 2 is 2.12 bits per heavy atom. The van der Waals surface area contributed by atoms with Gasteiger partial charge in [-0.3, -0.25) is 14.6 Å². The third kappa shape index (κ3) is 3.55. The minimum atomic E-state index is -0.823. The highest BCUT2D eigenvalue weighted by atomic mass is 16.5. The number of fused-ring (bicyclic) bond motifs is 1. The van der Waals surface area contributed by atoms with Gasteiger partial charge in [0.15, 0.2) is 11.5 Å². The van der Waals surface area contributed by atoms with Gasteiger partial charge in [0.2, 0.25) is 5.78 Å². The Morgan fingerprint density at radius 3 is 2.85 bits per heavy atom. The van der Waals surface area contributed by atoms with Crippen molar-refractivity contribution in [3.63, 3.8) is 0 Å². The molecular formula is C25H21N3O5. The second-order valence-corrected chi connectivity index (χ2v) is 7.70. The van der Waals surface area contributed by atoms with Crippen molar-refractivity contribution in [2.75, 3.05) is 13.7 Å². The van der Waals surface area contributed by atoms with E-state index in [0.717, 1.165) is 22.2 Å². The molecule has 0 bridgehead atoms. The van der Waals surface area contributed by atoms with E-state index in [1.807, 2.05) is 24.4 Å². The average molecular weight is 443 g/mol. The van der Waals surface area contributed by atoms with Gasteiger partial charge in [-0.05, 0) is 54.4 Å². The van der Waals surface area contributed by atoms with E-state index in [2.05, 4.69) is 9.97 Å². The van der Waals surface area contributed by atoms with Crippen LogP contribution < -0.4 is 4.74 Å². The molecule has 3 aromatic heterocycles. The number of nitrogens with zero attached hydrogens (tertiary/aromatic N) is 2. The Balaban J connectivity index is 1.49. The zero-order valence-corrected chi connectivity index (χ0v) is 17.8. The van der Waals surface area contributed by atoms with Crippen LogP contribution in [0.5, 0.6) is 5.75 Å². The standard InChI is InChI=1S/C25H21N3O5/c1-32-16-7-8-18-17(13-16)15(14-27-18)9-11-28-22(19-5-2-3-10-26-19)21(24(30)25(28)31)23(29)20-6-4-12-33-20/h2-8,10,12-14,22,27,30H,9,11H2,1H3/t22-/m0/s1. The van der Waals surface area contributed by atoms with Crippen molar-refractivity contribution in [1.82, 2.24) is 14.9 Å². The van der Waals surface area contributed by atoms with Crippen molar-refractivity contribution < 1.29 is 23.8 Å². The van der Waals surface area contributed by atoms with Crippen LogP contribution in [-0.2, 0) is 11.2 Å². The second-order valence-electron chi connectivity index (χ2n) is 7.70. The van der Waals surface area contributed by atoms with Crippen LogP contribution in [0, 0.1) is 0 Å². The van der Waals surface area contributed by atoms with E-state index in [-0.39, 0.29) is 17.9 Å². The maximum atomic E-state index is 13.1. The zero-order valence-electron chi connectivity index (χ0n) is 17.8. The van der Waals surface area contributed by atoms with Crippen molar-refractivity contribution in [3.8, 4) is 5.75 Å². The zero-order chi connectivity index (χ0) is 22.9. The van der Waals surface area contributed by atoms with Crippen LogP contribution in [-0.4, -0.2) is 45.3 Å². The Bertz CT molecular complexity index is 1360. The lowest BCUT2D eigenvalue weighted by Crippen LogP contribution is -2.33. The molecule has 5 rings (SSSR count). The molecule has 0 aliphatic carbocycles. The molecule has 0 radical (unpaired) electrons. The first kappa shape index (κ1) is 20.6. The van der Waals surface area contributed by atoms with Gasteiger partial charge in [0.1, 0.15) is 11.8 Å². The van der Waals surface area contributed by atoms with Crippen molar-refractivity contribution in [3.05, 3.63) is 95.5 Å². The molecule has 0 spiro atoms. The van der Waals surface area contributed by atoms with E-state index in [9.17, 15) is 14.7 Å². The molecule has 0 saturated heterocycles. The number of rotatable bonds is 7. The number of carbonyl (C=O) groups excluding carboxylic acids is 2. The van der Waals surface area contributed by atoms with Crippen molar-refractivity contribution >= 4 is 22.6 Å². The Labute approximate surface area is 189 Å².